The summed E-state index contributed by atoms with van der Waals surface area (Å²) in [6.07, 6.45) is 0.665. The Balaban J connectivity index is 2.11. The van der Waals surface area contributed by atoms with Gasteiger partial charge in [-0.2, -0.15) is 0 Å². The zero-order valence-electron chi connectivity index (χ0n) is 16.0. The average molecular weight is 457 g/mol. The van der Waals surface area contributed by atoms with Crippen molar-refractivity contribution in [1.29, 1.82) is 0 Å². The van der Waals surface area contributed by atoms with Gasteiger partial charge in [0, 0.05) is 25.8 Å². The zero-order valence-corrected chi connectivity index (χ0v) is 17.6. The highest BCUT2D eigenvalue weighted by Crippen LogP contribution is 2.27. The predicted octanol–water partition coefficient (Wildman–Crippen LogP) is 1.76. The van der Waals surface area contributed by atoms with Crippen LogP contribution in [0.3, 0.4) is 0 Å². The van der Waals surface area contributed by atoms with Gasteiger partial charge in [-0.3, -0.25) is 14.4 Å². The molecule has 1 heterocycles. The molecule has 1 unspecified atom stereocenters. The van der Waals surface area contributed by atoms with Gasteiger partial charge in [0.05, 0.1) is 24.1 Å². The maximum absolute atomic E-state index is 13.0. The Kier molecular flexibility index (Phi) is 8.72. The van der Waals surface area contributed by atoms with Crippen LogP contribution in [-0.2, 0) is 19.1 Å². The number of hydrogen-bond acceptors (Lipinski definition) is 6. The molecule has 8 nitrogen and oxygen atoms in total. The third-order valence-electron chi connectivity index (χ3n) is 4.14. The lowest BCUT2D eigenvalue weighted by Crippen LogP contribution is -2.57. The average Bonchev–Trinajstić information content (AvgIpc) is 2.68. The minimum atomic E-state index is -0.911. The quantitative estimate of drug-likeness (QED) is 0.449. The van der Waals surface area contributed by atoms with Crippen molar-refractivity contribution in [1.82, 2.24) is 10.2 Å². The first-order chi connectivity index (χ1) is 13.5. The number of carbonyl (C=O) groups excluding carboxylic acids is 3. The van der Waals surface area contributed by atoms with E-state index in [1.165, 1.54) is 12.0 Å². The molecule has 0 aromatic heterocycles. The van der Waals surface area contributed by atoms with Crippen molar-refractivity contribution >= 4 is 33.7 Å². The van der Waals surface area contributed by atoms with Crippen molar-refractivity contribution in [2.45, 2.75) is 25.8 Å². The first-order valence-electron chi connectivity index (χ1n) is 9.13. The molecule has 0 radical (unpaired) electrons. The van der Waals surface area contributed by atoms with Gasteiger partial charge in [-0.05, 0) is 40.5 Å². The van der Waals surface area contributed by atoms with Crippen molar-refractivity contribution in [3.63, 3.8) is 0 Å². The lowest BCUT2D eigenvalue weighted by Gasteiger charge is -2.34. The van der Waals surface area contributed by atoms with Gasteiger partial charge in [0.25, 0.3) is 5.91 Å². The number of halogens is 1. The minimum Gasteiger partial charge on any atom is -0.492 e. The second kappa shape index (κ2) is 11.0. The van der Waals surface area contributed by atoms with Crippen LogP contribution < -0.4 is 10.1 Å². The molecule has 0 spiro atoms. The van der Waals surface area contributed by atoms with Gasteiger partial charge in [0.2, 0.25) is 5.91 Å². The van der Waals surface area contributed by atoms with E-state index in [0.29, 0.717) is 35.5 Å². The Bertz CT molecular complexity index is 712. The molecule has 1 aromatic carbocycles. The van der Waals surface area contributed by atoms with E-state index in [4.69, 9.17) is 14.2 Å². The number of carbonyl (C=O) groups is 3. The number of amides is 2. The van der Waals surface area contributed by atoms with Crippen LogP contribution in [0.25, 0.3) is 0 Å². The van der Waals surface area contributed by atoms with Crippen molar-refractivity contribution < 1.29 is 28.6 Å². The lowest BCUT2D eigenvalue weighted by molar-refractivity contribution is -0.148. The number of nitrogens with zero attached hydrogens (tertiary/aromatic N) is 1. The lowest BCUT2D eigenvalue weighted by atomic mass is 10.1. The summed E-state index contributed by atoms with van der Waals surface area (Å²) in [5.41, 5.74) is 0.406. The molecule has 9 heteroatoms. The number of hydrogen-bond donors (Lipinski definition) is 1. The third-order valence-corrected chi connectivity index (χ3v) is 4.76. The van der Waals surface area contributed by atoms with Crippen molar-refractivity contribution in [2.75, 3.05) is 40.0 Å². The molecule has 1 atom stereocenters. The Labute approximate surface area is 172 Å². The van der Waals surface area contributed by atoms with Crippen LogP contribution in [0.4, 0.5) is 0 Å². The number of nitrogens with one attached hydrogen (secondary N) is 1. The summed E-state index contributed by atoms with van der Waals surface area (Å²) in [4.78, 5) is 38.7. The summed E-state index contributed by atoms with van der Waals surface area (Å²) in [7, 11) is 1.50. The number of esters is 1. The largest absolute Gasteiger partial charge is 0.492 e. The molecule has 1 aromatic rings. The molecule has 0 aliphatic carbocycles. The predicted molar refractivity (Wildman–Crippen MR) is 105 cm³/mol. The second-order valence-corrected chi connectivity index (χ2v) is 7.07. The van der Waals surface area contributed by atoms with Crippen LogP contribution in [0.5, 0.6) is 5.75 Å². The van der Waals surface area contributed by atoms with Gasteiger partial charge in [-0.15, -0.1) is 0 Å². The maximum Gasteiger partial charge on any atom is 0.308 e. The van der Waals surface area contributed by atoms with Crippen LogP contribution in [-0.4, -0.2) is 68.7 Å². The van der Waals surface area contributed by atoms with Crippen LogP contribution >= 0.6 is 15.9 Å². The van der Waals surface area contributed by atoms with Crippen LogP contribution in [0.15, 0.2) is 22.7 Å². The zero-order chi connectivity index (χ0) is 20.5. The molecule has 2 amide bonds. The molecule has 154 valence electrons. The van der Waals surface area contributed by atoms with Crippen molar-refractivity contribution in [2.24, 2.45) is 0 Å². The molecule has 1 aliphatic rings. The first-order valence-corrected chi connectivity index (χ1v) is 9.92. The number of methoxy groups -OCH3 is 1. The number of benzene rings is 1. The molecule has 28 heavy (non-hydrogen) atoms. The molecule has 0 bridgehead atoms. The fourth-order valence-electron chi connectivity index (χ4n) is 2.75. The van der Waals surface area contributed by atoms with E-state index in [2.05, 4.69) is 21.2 Å². The first kappa shape index (κ1) is 22.2. The maximum atomic E-state index is 13.0. The highest BCUT2D eigenvalue weighted by molar-refractivity contribution is 9.10. The second-order valence-electron chi connectivity index (χ2n) is 6.22. The third kappa shape index (κ3) is 5.93. The van der Waals surface area contributed by atoms with Crippen LogP contribution in [0.1, 0.15) is 30.1 Å². The van der Waals surface area contributed by atoms with Crippen LogP contribution in [0, 0.1) is 0 Å². The number of ether oxygens (including phenoxy) is 3. The molecule has 1 saturated heterocycles. The highest BCUT2D eigenvalue weighted by Gasteiger charge is 2.35. The monoisotopic (exact) mass is 456 g/mol. The standard InChI is InChI=1S/C19H25BrN2O6/c1-3-8-27-16-5-4-13(11-14(16)20)19(25)22-7-6-21-18(24)15(22)12-17(23)28-10-9-26-2/h4-5,11,15H,3,6-10,12H2,1-2H3,(H,21,24). The SMILES string of the molecule is CCCOc1ccc(C(=O)N2CCNC(=O)C2CC(=O)OCCOC)cc1Br. The summed E-state index contributed by atoms with van der Waals surface area (Å²) in [6.45, 7) is 3.60. The van der Waals surface area contributed by atoms with E-state index in [-0.39, 0.29) is 31.4 Å². The van der Waals surface area contributed by atoms with Gasteiger partial charge >= 0.3 is 5.97 Å². The van der Waals surface area contributed by atoms with Gasteiger partial charge in [-0.25, -0.2) is 0 Å². The molecule has 1 N–H and O–H groups in total. The van der Waals surface area contributed by atoms with Gasteiger partial charge in [0.1, 0.15) is 18.4 Å². The topological polar surface area (TPSA) is 94.2 Å². The summed E-state index contributed by atoms with van der Waals surface area (Å²) in [5, 5.41) is 2.69. The van der Waals surface area contributed by atoms with Gasteiger partial charge in [0.15, 0.2) is 0 Å². The molecule has 1 aliphatic heterocycles. The number of rotatable bonds is 9. The molecule has 2 rings (SSSR count). The van der Waals surface area contributed by atoms with Gasteiger partial charge in [-0.1, -0.05) is 6.92 Å². The molecular formula is C19H25BrN2O6. The van der Waals surface area contributed by atoms with Crippen LogP contribution in [0.2, 0.25) is 0 Å². The van der Waals surface area contributed by atoms with Gasteiger partial charge < -0.3 is 24.4 Å². The molecule has 0 saturated carbocycles. The van der Waals surface area contributed by atoms with E-state index in [0.717, 1.165) is 6.42 Å². The Morgan fingerprint density at radius 3 is 2.75 bits per heavy atom. The molecule has 1 fully saturated rings. The Morgan fingerprint density at radius 1 is 1.29 bits per heavy atom. The fourth-order valence-corrected chi connectivity index (χ4v) is 3.24. The summed E-state index contributed by atoms with van der Waals surface area (Å²) < 4.78 is 16.1. The van der Waals surface area contributed by atoms with E-state index in [1.807, 2.05) is 6.92 Å². The summed E-state index contributed by atoms with van der Waals surface area (Å²) in [5.74, 6) is -0.605. The molecular weight excluding hydrogens is 432 g/mol. The fraction of sp³-hybridized carbons (Fsp3) is 0.526. The highest BCUT2D eigenvalue weighted by atomic mass is 79.9. The van der Waals surface area contributed by atoms with E-state index < -0.39 is 12.0 Å². The normalized spacial score (nSPS) is 16.5. The van der Waals surface area contributed by atoms with E-state index in [1.54, 1.807) is 18.2 Å². The summed E-state index contributed by atoms with van der Waals surface area (Å²) in [6, 6.07) is 4.11. The van der Waals surface area contributed by atoms with Crippen molar-refractivity contribution in [3.8, 4) is 5.75 Å². The Morgan fingerprint density at radius 2 is 2.07 bits per heavy atom. The smallest absolute Gasteiger partial charge is 0.308 e. The summed E-state index contributed by atoms with van der Waals surface area (Å²) >= 11 is 3.41. The Hall–Kier alpha value is -2.13. The van der Waals surface area contributed by atoms with E-state index >= 15 is 0 Å². The van der Waals surface area contributed by atoms with Crippen molar-refractivity contribution in [3.05, 3.63) is 28.2 Å². The van der Waals surface area contributed by atoms with E-state index in [9.17, 15) is 14.4 Å². The minimum absolute atomic E-state index is 0.101. The number of piperazine rings is 1.